The number of fused-ring (bicyclic) bond motifs is 3. The lowest BCUT2D eigenvalue weighted by Gasteiger charge is -2.15. The molecule has 1 aliphatic carbocycles. The normalized spacial score (nSPS) is 12.8. The van der Waals surface area contributed by atoms with Gasteiger partial charge in [0.25, 0.3) is 5.56 Å². The molecule has 0 bridgehead atoms. The summed E-state index contributed by atoms with van der Waals surface area (Å²) >= 11 is 1.59. The van der Waals surface area contributed by atoms with Crippen molar-refractivity contribution in [1.29, 1.82) is 0 Å². The highest BCUT2D eigenvalue weighted by molar-refractivity contribution is 7.18. The van der Waals surface area contributed by atoms with E-state index in [9.17, 15) is 14.4 Å². The molecule has 1 aliphatic rings. The molecule has 0 unspecified atom stereocenters. The van der Waals surface area contributed by atoms with Crippen LogP contribution in [0.5, 0.6) is 0 Å². The Hall–Kier alpha value is -3.78. The van der Waals surface area contributed by atoms with Crippen LogP contribution in [0.3, 0.4) is 0 Å². The number of hydrogen-bond acceptors (Lipinski definition) is 6. The molecule has 0 radical (unpaired) electrons. The number of para-hydroxylation sites is 1. The lowest BCUT2D eigenvalue weighted by atomic mass is 9.97. The van der Waals surface area contributed by atoms with E-state index >= 15 is 0 Å². The van der Waals surface area contributed by atoms with Gasteiger partial charge in [0, 0.05) is 10.4 Å². The average Bonchev–Trinajstić information content (AvgIpc) is 3.25. The topological polar surface area (TPSA) is 90.3 Å². The maximum absolute atomic E-state index is 13.9. The van der Waals surface area contributed by atoms with E-state index in [1.165, 1.54) is 9.44 Å². The molecule has 0 fully saturated rings. The molecule has 0 saturated carbocycles. The fourth-order valence-electron chi connectivity index (χ4n) is 4.70. The van der Waals surface area contributed by atoms with Gasteiger partial charge in [-0.15, -0.1) is 11.3 Å². The molecule has 2 aromatic heterocycles. The Morgan fingerprint density at radius 1 is 1.11 bits per heavy atom. The predicted octanol–water partition coefficient (Wildman–Crippen LogP) is 5.13. The molecule has 5 rings (SSSR count). The van der Waals surface area contributed by atoms with Gasteiger partial charge in [0.05, 0.1) is 23.2 Å². The van der Waals surface area contributed by atoms with E-state index < -0.39 is 11.9 Å². The Bertz CT molecular complexity index is 1540. The quantitative estimate of drug-likeness (QED) is 0.370. The number of nitrogens with zero attached hydrogens (tertiary/aromatic N) is 2. The predicted molar refractivity (Wildman–Crippen MR) is 142 cm³/mol. The molecule has 36 heavy (non-hydrogen) atoms. The van der Waals surface area contributed by atoms with Gasteiger partial charge in [0.15, 0.2) is 0 Å². The lowest BCUT2D eigenvalue weighted by Crippen LogP contribution is -2.30. The zero-order valence-electron chi connectivity index (χ0n) is 20.3. The first-order valence-electron chi connectivity index (χ1n) is 12.1. The second-order valence-electron chi connectivity index (χ2n) is 8.90. The molecule has 2 heterocycles. The number of aryl methyl sites for hydroxylation is 3. The second-order valence-corrected chi connectivity index (χ2v) is 9.99. The number of rotatable bonds is 6. The van der Waals surface area contributed by atoms with Gasteiger partial charge in [-0.25, -0.2) is 9.78 Å². The number of carbonyl (C=O) groups excluding carboxylic acids is 2. The van der Waals surface area contributed by atoms with Crippen LogP contribution in [-0.2, 0) is 28.9 Å². The molecule has 8 heteroatoms. The third-order valence-corrected chi connectivity index (χ3v) is 7.54. The van der Waals surface area contributed by atoms with Gasteiger partial charge in [-0.1, -0.05) is 35.9 Å². The Kier molecular flexibility index (Phi) is 6.69. The van der Waals surface area contributed by atoms with Crippen LogP contribution in [0.15, 0.2) is 53.3 Å². The number of nitrogens with one attached hydrogen (secondary N) is 1. The first kappa shape index (κ1) is 23.9. The smallest absolute Gasteiger partial charge is 0.340 e. The molecule has 2 aromatic carbocycles. The Labute approximate surface area is 212 Å². The highest BCUT2D eigenvalue weighted by Gasteiger charge is 2.24. The van der Waals surface area contributed by atoms with Crippen molar-refractivity contribution in [1.82, 2.24) is 9.55 Å². The Morgan fingerprint density at radius 3 is 2.72 bits per heavy atom. The van der Waals surface area contributed by atoms with Crippen LogP contribution in [0.4, 0.5) is 5.69 Å². The van der Waals surface area contributed by atoms with Crippen LogP contribution in [0.25, 0.3) is 21.6 Å². The summed E-state index contributed by atoms with van der Waals surface area (Å²) < 4.78 is 6.57. The van der Waals surface area contributed by atoms with Gasteiger partial charge in [0.2, 0.25) is 5.91 Å². The van der Waals surface area contributed by atoms with E-state index in [0.29, 0.717) is 16.9 Å². The van der Waals surface area contributed by atoms with Crippen molar-refractivity contribution in [2.24, 2.45) is 0 Å². The maximum atomic E-state index is 13.9. The lowest BCUT2D eigenvalue weighted by molar-refractivity contribution is -0.116. The van der Waals surface area contributed by atoms with Crippen LogP contribution in [0, 0.1) is 6.92 Å². The summed E-state index contributed by atoms with van der Waals surface area (Å²) in [6, 6.07) is 14.4. The van der Waals surface area contributed by atoms with Crippen LogP contribution in [0.1, 0.15) is 46.1 Å². The second kappa shape index (κ2) is 10.1. The van der Waals surface area contributed by atoms with Crippen molar-refractivity contribution >= 4 is 39.1 Å². The molecule has 1 amide bonds. The third-order valence-electron chi connectivity index (χ3n) is 6.35. The van der Waals surface area contributed by atoms with E-state index in [2.05, 4.69) is 5.32 Å². The van der Waals surface area contributed by atoms with Crippen LogP contribution in [0.2, 0.25) is 0 Å². The number of esters is 1. The molecule has 184 valence electrons. The summed E-state index contributed by atoms with van der Waals surface area (Å²) in [5, 5.41) is 3.43. The number of anilines is 1. The SMILES string of the molecule is CCOC(=O)c1ccccc1NC(=O)Cn1c(-c2cccc(C)c2)nc2sc3c(c2c1=O)CCCC3. The van der Waals surface area contributed by atoms with Gasteiger partial charge in [-0.2, -0.15) is 0 Å². The monoisotopic (exact) mass is 501 g/mol. The minimum absolute atomic E-state index is 0.204. The summed E-state index contributed by atoms with van der Waals surface area (Å²) in [5.41, 5.74) is 3.29. The fourth-order valence-corrected chi connectivity index (χ4v) is 5.95. The first-order chi connectivity index (χ1) is 17.5. The van der Waals surface area contributed by atoms with Crippen LogP contribution in [-0.4, -0.2) is 28.0 Å². The number of ether oxygens (including phenoxy) is 1. The molecule has 7 nitrogen and oxygen atoms in total. The number of aromatic nitrogens is 2. The van der Waals surface area contributed by atoms with Crippen LogP contribution >= 0.6 is 11.3 Å². The van der Waals surface area contributed by atoms with Crippen molar-refractivity contribution in [3.63, 3.8) is 0 Å². The average molecular weight is 502 g/mol. The maximum Gasteiger partial charge on any atom is 0.340 e. The number of amides is 1. The zero-order chi connectivity index (χ0) is 25.2. The van der Waals surface area contributed by atoms with E-state index in [1.807, 2.05) is 31.2 Å². The summed E-state index contributed by atoms with van der Waals surface area (Å²) in [4.78, 5) is 46.3. The highest BCUT2D eigenvalue weighted by Crippen LogP contribution is 2.35. The summed E-state index contributed by atoms with van der Waals surface area (Å²) in [5.74, 6) is -0.476. The molecular weight excluding hydrogens is 474 g/mol. The van der Waals surface area contributed by atoms with Crippen molar-refractivity contribution in [2.45, 2.75) is 46.1 Å². The van der Waals surface area contributed by atoms with E-state index in [1.54, 1.807) is 42.5 Å². The minimum atomic E-state index is -0.515. The molecule has 1 N–H and O–H groups in total. The first-order valence-corrected chi connectivity index (χ1v) is 13.0. The number of thiophene rings is 1. The van der Waals surface area contributed by atoms with Crippen LogP contribution < -0.4 is 10.9 Å². The highest BCUT2D eigenvalue weighted by atomic mass is 32.1. The summed E-state index contributed by atoms with van der Waals surface area (Å²) in [6.45, 7) is 3.71. The molecule has 4 aromatic rings. The molecular formula is C28H27N3O4S. The van der Waals surface area contributed by atoms with Crippen molar-refractivity contribution in [3.8, 4) is 11.4 Å². The fraction of sp³-hybridized carbons (Fsp3) is 0.286. The van der Waals surface area contributed by atoms with Gasteiger partial charge in [-0.3, -0.25) is 14.2 Å². The van der Waals surface area contributed by atoms with Crippen molar-refractivity contribution < 1.29 is 14.3 Å². The van der Waals surface area contributed by atoms with E-state index in [0.717, 1.165) is 47.2 Å². The standard InChI is InChI=1S/C28H27N3O4S/c1-3-35-28(34)19-11-4-6-13-21(19)29-23(32)16-31-25(18-10-8-9-17(2)15-18)30-26-24(27(31)33)20-12-5-7-14-22(20)36-26/h4,6,8-11,13,15H,3,5,7,12,14,16H2,1-2H3,(H,29,32). The zero-order valence-corrected chi connectivity index (χ0v) is 21.1. The number of benzene rings is 2. The number of carbonyl (C=O) groups is 2. The molecule has 0 spiro atoms. The van der Waals surface area contributed by atoms with Gasteiger partial charge >= 0.3 is 5.97 Å². The molecule has 0 atom stereocenters. The van der Waals surface area contributed by atoms with Gasteiger partial charge in [-0.05, 0) is 63.3 Å². The Morgan fingerprint density at radius 2 is 1.92 bits per heavy atom. The third kappa shape index (κ3) is 4.56. The molecule has 0 saturated heterocycles. The van der Waals surface area contributed by atoms with Gasteiger partial charge in [0.1, 0.15) is 17.2 Å². The summed E-state index contributed by atoms with van der Waals surface area (Å²) in [6.07, 6.45) is 3.97. The van der Waals surface area contributed by atoms with E-state index in [-0.39, 0.29) is 24.3 Å². The number of hydrogen-bond donors (Lipinski definition) is 1. The Balaban J connectivity index is 1.58. The molecule has 0 aliphatic heterocycles. The van der Waals surface area contributed by atoms with Crippen molar-refractivity contribution in [3.05, 3.63) is 80.5 Å². The summed E-state index contributed by atoms with van der Waals surface area (Å²) in [7, 11) is 0. The van der Waals surface area contributed by atoms with Gasteiger partial charge < -0.3 is 10.1 Å². The van der Waals surface area contributed by atoms with Crippen molar-refractivity contribution in [2.75, 3.05) is 11.9 Å². The van der Waals surface area contributed by atoms with E-state index in [4.69, 9.17) is 9.72 Å². The largest absolute Gasteiger partial charge is 0.462 e. The minimum Gasteiger partial charge on any atom is -0.462 e.